The van der Waals surface area contributed by atoms with E-state index in [0.29, 0.717) is 5.82 Å². The highest BCUT2D eigenvalue weighted by molar-refractivity contribution is 5.90. The minimum absolute atomic E-state index is 0.00363. The van der Waals surface area contributed by atoms with Crippen LogP contribution in [0.3, 0.4) is 0 Å². The lowest BCUT2D eigenvalue weighted by molar-refractivity contribution is 0.0895. The van der Waals surface area contributed by atoms with E-state index in [2.05, 4.69) is 32.5 Å². The number of hydrogen-bond donors (Lipinski definition) is 1. The van der Waals surface area contributed by atoms with Gasteiger partial charge in [0.2, 0.25) is 5.82 Å². The van der Waals surface area contributed by atoms with Crippen molar-refractivity contribution in [2.24, 2.45) is 0 Å². The van der Waals surface area contributed by atoms with Crippen LogP contribution in [-0.2, 0) is 0 Å². The predicted molar refractivity (Wildman–Crippen MR) is 88.4 cm³/mol. The fourth-order valence-electron chi connectivity index (χ4n) is 2.62. The highest BCUT2D eigenvalue weighted by Crippen LogP contribution is 2.23. The quantitative estimate of drug-likeness (QED) is 0.919. The van der Waals surface area contributed by atoms with Crippen LogP contribution in [0, 0.1) is 0 Å². The van der Waals surface area contributed by atoms with E-state index >= 15 is 0 Å². The number of carbonyl (C=O) groups excluding carboxylic acids is 1. The molecule has 23 heavy (non-hydrogen) atoms. The van der Waals surface area contributed by atoms with E-state index in [1.54, 1.807) is 0 Å². The van der Waals surface area contributed by atoms with E-state index in [-0.39, 0.29) is 17.8 Å². The Labute approximate surface area is 135 Å². The average Bonchev–Trinajstić information content (AvgIpc) is 3.26. The van der Waals surface area contributed by atoms with Crippen LogP contribution in [0.5, 0.6) is 0 Å². The normalized spacial score (nSPS) is 15.7. The molecule has 0 saturated carbocycles. The molecule has 2 heterocycles. The third-order valence-electron chi connectivity index (χ3n) is 4.21. The van der Waals surface area contributed by atoms with Gasteiger partial charge in [-0.3, -0.25) is 4.79 Å². The van der Waals surface area contributed by atoms with Crippen LogP contribution in [0.15, 0.2) is 28.8 Å². The van der Waals surface area contributed by atoms with Crippen molar-refractivity contribution in [1.82, 2.24) is 15.5 Å². The van der Waals surface area contributed by atoms with Crippen molar-refractivity contribution < 1.29 is 9.32 Å². The molecule has 0 bridgehead atoms. The van der Waals surface area contributed by atoms with Gasteiger partial charge in [0.25, 0.3) is 0 Å². The average molecular weight is 314 g/mol. The summed E-state index contributed by atoms with van der Waals surface area (Å²) in [6.45, 7) is 6.17. The van der Waals surface area contributed by atoms with Crippen molar-refractivity contribution in [2.75, 3.05) is 18.0 Å². The van der Waals surface area contributed by atoms with Crippen LogP contribution in [-0.4, -0.2) is 35.2 Å². The summed E-state index contributed by atoms with van der Waals surface area (Å²) in [5, 5.41) is 6.72. The fourth-order valence-corrected chi connectivity index (χ4v) is 2.62. The molecule has 1 N–H and O–H groups in total. The van der Waals surface area contributed by atoms with Gasteiger partial charge in [-0.15, -0.1) is 0 Å². The van der Waals surface area contributed by atoms with Crippen LogP contribution >= 0.6 is 0 Å². The summed E-state index contributed by atoms with van der Waals surface area (Å²) < 4.78 is 5.07. The third kappa shape index (κ3) is 3.52. The smallest absolute Gasteiger partial charge is 0.316 e. The second-order valence-electron chi connectivity index (χ2n) is 5.95. The van der Waals surface area contributed by atoms with Crippen molar-refractivity contribution in [2.45, 2.75) is 39.2 Å². The molecule has 6 heteroatoms. The SMILES string of the molecule is CC[C@@H](C)NC(=O)c1nc(-c2ccc(N3CCCC3)cc2)no1. The van der Waals surface area contributed by atoms with Crippen LogP contribution in [0.4, 0.5) is 5.69 Å². The molecule has 0 unspecified atom stereocenters. The summed E-state index contributed by atoms with van der Waals surface area (Å²) in [6.07, 6.45) is 3.35. The minimum atomic E-state index is -0.327. The van der Waals surface area contributed by atoms with Crippen LogP contribution in [0.25, 0.3) is 11.4 Å². The van der Waals surface area contributed by atoms with Crippen molar-refractivity contribution in [3.8, 4) is 11.4 Å². The van der Waals surface area contributed by atoms with Crippen molar-refractivity contribution >= 4 is 11.6 Å². The summed E-state index contributed by atoms with van der Waals surface area (Å²) in [7, 11) is 0. The maximum Gasteiger partial charge on any atom is 0.316 e. The monoisotopic (exact) mass is 314 g/mol. The molecule has 122 valence electrons. The Morgan fingerprint density at radius 2 is 2.00 bits per heavy atom. The Morgan fingerprint density at radius 1 is 1.30 bits per heavy atom. The summed E-state index contributed by atoms with van der Waals surface area (Å²) >= 11 is 0. The molecule has 1 atom stereocenters. The molecule has 0 aliphatic carbocycles. The first-order chi connectivity index (χ1) is 11.2. The molecule has 1 amide bonds. The predicted octanol–water partition coefficient (Wildman–Crippen LogP) is 2.87. The van der Waals surface area contributed by atoms with E-state index < -0.39 is 0 Å². The van der Waals surface area contributed by atoms with Gasteiger partial charge in [-0.2, -0.15) is 4.98 Å². The molecular formula is C17H22N4O2. The number of aromatic nitrogens is 2. The van der Waals surface area contributed by atoms with E-state index in [9.17, 15) is 4.79 Å². The molecule has 1 aromatic heterocycles. The first-order valence-electron chi connectivity index (χ1n) is 8.17. The van der Waals surface area contributed by atoms with Crippen molar-refractivity contribution in [1.29, 1.82) is 0 Å². The first-order valence-corrected chi connectivity index (χ1v) is 8.17. The molecule has 1 aromatic carbocycles. The Hall–Kier alpha value is -2.37. The van der Waals surface area contributed by atoms with Crippen molar-refractivity contribution in [3.05, 3.63) is 30.2 Å². The number of anilines is 1. The van der Waals surface area contributed by atoms with E-state index in [1.807, 2.05) is 26.0 Å². The van der Waals surface area contributed by atoms with Gasteiger partial charge >= 0.3 is 11.8 Å². The zero-order valence-electron chi connectivity index (χ0n) is 13.6. The Morgan fingerprint density at radius 3 is 2.65 bits per heavy atom. The van der Waals surface area contributed by atoms with Gasteiger partial charge in [-0.1, -0.05) is 12.1 Å². The molecule has 1 saturated heterocycles. The van der Waals surface area contributed by atoms with E-state index in [4.69, 9.17) is 4.52 Å². The lowest BCUT2D eigenvalue weighted by atomic mass is 10.2. The molecule has 3 rings (SSSR count). The molecule has 0 radical (unpaired) electrons. The summed E-state index contributed by atoms with van der Waals surface area (Å²) in [6, 6.07) is 8.15. The second kappa shape index (κ2) is 6.81. The highest BCUT2D eigenvalue weighted by Gasteiger charge is 2.18. The highest BCUT2D eigenvalue weighted by atomic mass is 16.5. The molecule has 6 nitrogen and oxygen atoms in total. The molecule has 1 aliphatic rings. The zero-order chi connectivity index (χ0) is 16.2. The lowest BCUT2D eigenvalue weighted by Gasteiger charge is -2.17. The van der Waals surface area contributed by atoms with Crippen LogP contribution in [0.2, 0.25) is 0 Å². The topological polar surface area (TPSA) is 71.3 Å². The lowest BCUT2D eigenvalue weighted by Crippen LogP contribution is -2.32. The molecule has 0 spiro atoms. The molecule has 1 fully saturated rings. The number of amides is 1. The maximum atomic E-state index is 12.0. The number of benzene rings is 1. The number of nitrogens with one attached hydrogen (secondary N) is 1. The summed E-state index contributed by atoms with van der Waals surface area (Å²) in [5.41, 5.74) is 2.06. The van der Waals surface area contributed by atoms with Crippen LogP contribution < -0.4 is 10.2 Å². The second-order valence-corrected chi connectivity index (χ2v) is 5.95. The molecule has 1 aliphatic heterocycles. The summed E-state index contributed by atoms with van der Waals surface area (Å²) in [4.78, 5) is 18.5. The minimum Gasteiger partial charge on any atom is -0.372 e. The summed E-state index contributed by atoms with van der Waals surface area (Å²) in [5.74, 6) is 0.114. The Balaban J connectivity index is 1.71. The van der Waals surface area contributed by atoms with Gasteiger partial charge in [0.15, 0.2) is 0 Å². The number of hydrogen-bond acceptors (Lipinski definition) is 5. The first kappa shape index (κ1) is 15.5. The third-order valence-corrected chi connectivity index (χ3v) is 4.21. The molecular weight excluding hydrogens is 292 g/mol. The largest absolute Gasteiger partial charge is 0.372 e. The van der Waals surface area contributed by atoms with Gasteiger partial charge in [0, 0.05) is 30.4 Å². The number of nitrogens with zero attached hydrogens (tertiary/aromatic N) is 3. The number of rotatable bonds is 5. The van der Waals surface area contributed by atoms with Gasteiger partial charge in [0.1, 0.15) is 0 Å². The molecule has 2 aromatic rings. The van der Waals surface area contributed by atoms with E-state index in [1.165, 1.54) is 18.5 Å². The van der Waals surface area contributed by atoms with Gasteiger partial charge in [-0.25, -0.2) is 0 Å². The zero-order valence-corrected chi connectivity index (χ0v) is 13.6. The van der Waals surface area contributed by atoms with Gasteiger partial charge in [0.05, 0.1) is 0 Å². The van der Waals surface area contributed by atoms with Crippen molar-refractivity contribution in [3.63, 3.8) is 0 Å². The van der Waals surface area contributed by atoms with Crippen LogP contribution in [0.1, 0.15) is 43.8 Å². The maximum absolute atomic E-state index is 12.0. The Kier molecular flexibility index (Phi) is 4.60. The Bertz CT molecular complexity index is 659. The van der Waals surface area contributed by atoms with Gasteiger partial charge in [-0.05, 0) is 50.5 Å². The fraction of sp³-hybridized carbons (Fsp3) is 0.471. The van der Waals surface area contributed by atoms with Gasteiger partial charge < -0.3 is 14.7 Å². The van der Waals surface area contributed by atoms with E-state index in [0.717, 1.165) is 25.1 Å². The standard InChI is InChI=1S/C17H22N4O2/c1-3-12(2)18-16(22)17-19-15(20-23-17)13-6-8-14(9-7-13)21-10-4-5-11-21/h6-9,12H,3-5,10-11H2,1-2H3,(H,18,22)/t12-/m1/s1. The number of carbonyl (C=O) groups is 1.